The van der Waals surface area contributed by atoms with E-state index in [0.717, 1.165) is 18.8 Å². The second kappa shape index (κ2) is 5.21. The van der Waals surface area contributed by atoms with Crippen molar-refractivity contribution >= 4 is 0 Å². The molecule has 96 valence electrons. The highest BCUT2D eigenvalue weighted by Gasteiger charge is 2.29. The molecule has 1 heterocycles. The van der Waals surface area contributed by atoms with Gasteiger partial charge in [0.25, 0.3) is 0 Å². The zero-order valence-electron chi connectivity index (χ0n) is 10.7. The molecule has 1 fully saturated rings. The first-order valence-corrected chi connectivity index (χ1v) is 6.50. The molecule has 0 aromatic rings. The number of nitrogens with zero attached hydrogens (tertiary/aromatic N) is 1. The molecule has 4 nitrogen and oxygen atoms in total. The summed E-state index contributed by atoms with van der Waals surface area (Å²) in [6.07, 6.45) is 8.62. The number of hydrogen-bond acceptors (Lipinski definition) is 4. The van der Waals surface area contributed by atoms with E-state index in [-0.39, 0.29) is 11.6 Å². The van der Waals surface area contributed by atoms with Gasteiger partial charge in [0.15, 0.2) is 0 Å². The maximum atomic E-state index is 6.11. The number of hydrogen-bond donors (Lipinski definition) is 3. The molecule has 0 aromatic heterocycles. The van der Waals surface area contributed by atoms with Crippen molar-refractivity contribution in [2.45, 2.75) is 31.3 Å². The van der Waals surface area contributed by atoms with Crippen molar-refractivity contribution in [3.05, 3.63) is 23.9 Å². The number of likely N-dealkylation sites (tertiary alicyclic amines) is 1. The van der Waals surface area contributed by atoms with Crippen molar-refractivity contribution in [2.24, 2.45) is 11.5 Å². The first-order valence-electron chi connectivity index (χ1n) is 6.50. The van der Waals surface area contributed by atoms with Crippen LogP contribution in [0.4, 0.5) is 0 Å². The minimum Gasteiger partial charge on any atom is -0.399 e. The Labute approximate surface area is 104 Å². The fourth-order valence-electron chi connectivity index (χ4n) is 2.48. The van der Waals surface area contributed by atoms with Gasteiger partial charge in [0.1, 0.15) is 0 Å². The number of allylic oxidation sites excluding steroid dienone is 1. The highest BCUT2D eigenvalue weighted by molar-refractivity contribution is 5.31. The molecule has 5 N–H and O–H groups in total. The van der Waals surface area contributed by atoms with E-state index >= 15 is 0 Å². The van der Waals surface area contributed by atoms with Crippen molar-refractivity contribution in [1.29, 1.82) is 0 Å². The van der Waals surface area contributed by atoms with Crippen LogP contribution in [0.5, 0.6) is 0 Å². The average molecular weight is 236 g/mol. The van der Waals surface area contributed by atoms with Crippen LogP contribution < -0.4 is 16.8 Å². The van der Waals surface area contributed by atoms with E-state index in [1.54, 1.807) is 0 Å². The van der Waals surface area contributed by atoms with Crippen LogP contribution in [0.3, 0.4) is 0 Å². The van der Waals surface area contributed by atoms with Crippen molar-refractivity contribution < 1.29 is 0 Å². The zero-order valence-corrected chi connectivity index (χ0v) is 10.7. The van der Waals surface area contributed by atoms with Gasteiger partial charge in [0, 0.05) is 24.8 Å². The molecule has 1 saturated heterocycles. The Morgan fingerprint density at radius 2 is 2.18 bits per heavy atom. The van der Waals surface area contributed by atoms with Crippen LogP contribution >= 0.6 is 0 Å². The molecule has 0 bridgehead atoms. The highest BCUT2D eigenvalue weighted by Crippen LogP contribution is 2.17. The molecule has 1 aliphatic heterocycles. The standard InChI is InChI=1S/C13H24N4/c1-13(5-4-11(14)10-12(13)15)16-6-9-17-7-2-3-8-17/h4-5,10,12,16H,2-3,6-9,14-15H2,1H3. The first-order chi connectivity index (χ1) is 8.10. The Hall–Kier alpha value is -0.840. The summed E-state index contributed by atoms with van der Waals surface area (Å²) in [5, 5.41) is 3.54. The van der Waals surface area contributed by atoms with Gasteiger partial charge in [0.2, 0.25) is 0 Å². The lowest BCUT2D eigenvalue weighted by atomic mass is 9.88. The number of rotatable bonds is 4. The molecule has 0 radical (unpaired) electrons. The Kier molecular flexibility index (Phi) is 3.86. The SMILES string of the molecule is CC1(NCCN2CCCC2)C=CC(N)=CC1N. The Balaban J connectivity index is 1.79. The summed E-state index contributed by atoms with van der Waals surface area (Å²) in [6.45, 7) is 6.69. The first kappa shape index (κ1) is 12.6. The van der Waals surface area contributed by atoms with E-state index in [1.165, 1.54) is 25.9 Å². The van der Waals surface area contributed by atoms with E-state index in [9.17, 15) is 0 Å². The summed E-state index contributed by atoms with van der Waals surface area (Å²) >= 11 is 0. The summed E-state index contributed by atoms with van der Waals surface area (Å²) in [6, 6.07) is -0.0499. The van der Waals surface area contributed by atoms with Gasteiger partial charge in [-0.15, -0.1) is 0 Å². The van der Waals surface area contributed by atoms with E-state index in [4.69, 9.17) is 11.5 Å². The smallest absolute Gasteiger partial charge is 0.0530 e. The lowest BCUT2D eigenvalue weighted by molar-refractivity contribution is 0.306. The van der Waals surface area contributed by atoms with E-state index in [0.29, 0.717) is 0 Å². The van der Waals surface area contributed by atoms with Gasteiger partial charge in [-0.25, -0.2) is 0 Å². The molecule has 0 amide bonds. The van der Waals surface area contributed by atoms with Gasteiger partial charge in [-0.05, 0) is 45.0 Å². The summed E-state index contributed by atoms with van der Waals surface area (Å²) in [5.41, 5.74) is 12.4. The van der Waals surface area contributed by atoms with E-state index in [1.807, 2.05) is 12.2 Å². The molecule has 2 atom stereocenters. The summed E-state index contributed by atoms with van der Waals surface area (Å²) < 4.78 is 0. The lowest BCUT2D eigenvalue weighted by Crippen LogP contribution is -2.56. The molecular formula is C13H24N4. The molecule has 1 aliphatic carbocycles. The van der Waals surface area contributed by atoms with Gasteiger partial charge in [-0.2, -0.15) is 0 Å². The quantitative estimate of drug-likeness (QED) is 0.651. The monoisotopic (exact) mass is 236 g/mol. The largest absolute Gasteiger partial charge is 0.399 e. The maximum absolute atomic E-state index is 6.11. The molecule has 0 aromatic carbocycles. The van der Waals surface area contributed by atoms with Crippen molar-refractivity contribution in [1.82, 2.24) is 10.2 Å². The molecule has 4 heteroatoms. The predicted octanol–water partition coefficient (Wildman–Crippen LogP) is 0.170. The van der Waals surface area contributed by atoms with Gasteiger partial charge in [0.05, 0.1) is 5.54 Å². The maximum Gasteiger partial charge on any atom is 0.0530 e. The average Bonchev–Trinajstić information content (AvgIpc) is 2.78. The Morgan fingerprint density at radius 1 is 1.47 bits per heavy atom. The fraction of sp³-hybridized carbons (Fsp3) is 0.692. The highest BCUT2D eigenvalue weighted by atomic mass is 15.2. The summed E-state index contributed by atoms with van der Waals surface area (Å²) in [5.74, 6) is 0. The third kappa shape index (κ3) is 3.09. The predicted molar refractivity (Wildman–Crippen MR) is 71.5 cm³/mol. The van der Waals surface area contributed by atoms with Gasteiger partial charge < -0.3 is 21.7 Å². The van der Waals surface area contributed by atoms with Gasteiger partial charge in [-0.1, -0.05) is 6.08 Å². The minimum atomic E-state index is -0.164. The molecule has 0 spiro atoms. The Bertz CT molecular complexity index is 317. The fourth-order valence-corrected chi connectivity index (χ4v) is 2.48. The molecule has 2 unspecified atom stereocenters. The molecule has 0 saturated carbocycles. The van der Waals surface area contributed by atoms with Crippen molar-refractivity contribution in [3.8, 4) is 0 Å². The third-order valence-corrected chi connectivity index (χ3v) is 3.82. The summed E-state index contributed by atoms with van der Waals surface area (Å²) in [4.78, 5) is 2.50. The second-order valence-corrected chi connectivity index (χ2v) is 5.28. The molecule has 2 rings (SSSR count). The normalized spacial score (nSPS) is 34.0. The molecular weight excluding hydrogens is 212 g/mol. The van der Waals surface area contributed by atoms with Crippen LogP contribution in [-0.4, -0.2) is 42.7 Å². The van der Waals surface area contributed by atoms with Gasteiger partial charge >= 0.3 is 0 Å². The number of nitrogens with one attached hydrogen (secondary N) is 1. The topological polar surface area (TPSA) is 67.3 Å². The number of nitrogens with two attached hydrogens (primary N) is 2. The van der Waals surface area contributed by atoms with Crippen molar-refractivity contribution in [3.63, 3.8) is 0 Å². The zero-order chi connectivity index (χ0) is 12.3. The van der Waals surface area contributed by atoms with Gasteiger partial charge in [-0.3, -0.25) is 0 Å². The van der Waals surface area contributed by atoms with Crippen LogP contribution in [0.25, 0.3) is 0 Å². The van der Waals surface area contributed by atoms with E-state index in [2.05, 4.69) is 23.2 Å². The van der Waals surface area contributed by atoms with Crippen LogP contribution in [0.1, 0.15) is 19.8 Å². The second-order valence-electron chi connectivity index (χ2n) is 5.28. The summed E-state index contributed by atoms with van der Waals surface area (Å²) in [7, 11) is 0. The molecule has 2 aliphatic rings. The van der Waals surface area contributed by atoms with Crippen LogP contribution in [0, 0.1) is 0 Å². The molecule has 17 heavy (non-hydrogen) atoms. The third-order valence-electron chi connectivity index (χ3n) is 3.82. The van der Waals surface area contributed by atoms with Crippen LogP contribution in [0.15, 0.2) is 23.9 Å². The van der Waals surface area contributed by atoms with E-state index < -0.39 is 0 Å². The lowest BCUT2D eigenvalue weighted by Gasteiger charge is -2.35. The minimum absolute atomic E-state index is 0.0499. The van der Waals surface area contributed by atoms with Crippen LogP contribution in [-0.2, 0) is 0 Å². The van der Waals surface area contributed by atoms with Crippen LogP contribution in [0.2, 0.25) is 0 Å². The Morgan fingerprint density at radius 3 is 2.82 bits per heavy atom. The van der Waals surface area contributed by atoms with Crippen molar-refractivity contribution in [2.75, 3.05) is 26.2 Å².